The van der Waals surface area contributed by atoms with Gasteiger partial charge in [-0.15, -0.1) is 0 Å². The first-order valence-corrected chi connectivity index (χ1v) is 10.2. The summed E-state index contributed by atoms with van der Waals surface area (Å²) in [5.41, 5.74) is 1.79. The lowest BCUT2D eigenvalue weighted by Gasteiger charge is -2.34. The van der Waals surface area contributed by atoms with Crippen molar-refractivity contribution < 1.29 is 19.1 Å². The fraction of sp³-hybridized carbons (Fsp3) is 0.240. The predicted molar refractivity (Wildman–Crippen MR) is 116 cm³/mol. The Morgan fingerprint density at radius 2 is 1.97 bits per heavy atom. The summed E-state index contributed by atoms with van der Waals surface area (Å²) in [6, 6.07) is 20.1. The minimum Gasteiger partial charge on any atom is -0.487 e. The molecule has 0 saturated carbocycles. The molecule has 2 unspecified atom stereocenters. The molecule has 1 aliphatic rings. The number of hydrogen-bond acceptors (Lipinski definition) is 5. The van der Waals surface area contributed by atoms with Crippen LogP contribution in [0.25, 0.3) is 0 Å². The lowest BCUT2D eigenvalue weighted by Crippen LogP contribution is -2.52. The highest BCUT2D eigenvalue weighted by atomic mass is 16.6. The molecule has 2 heterocycles. The maximum Gasteiger partial charge on any atom is 0.339 e. The van der Waals surface area contributed by atoms with Crippen LogP contribution in [0.3, 0.4) is 0 Å². The number of carbonyl (C=O) groups is 2. The molecule has 158 valence electrons. The Balaban J connectivity index is 1.43. The number of rotatable bonds is 6. The van der Waals surface area contributed by atoms with E-state index in [0.29, 0.717) is 24.3 Å². The highest BCUT2D eigenvalue weighted by molar-refractivity contribution is 5.97. The Labute approximate surface area is 181 Å². The molecule has 1 aliphatic heterocycles. The molecule has 0 aliphatic carbocycles. The smallest absolute Gasteiger partial charge is 0.339 e. The largest absolute Gasteiger partial charge is 0.487 e. The van der Waals surface area contributed by atoms with E-state index in [2.05, 4.69) is 10.3 Å². The second-order valence-electron chi connectivity index (χ2n) is 7.83. The first-order valence-electron chi connectivity index (χ1n) is 10.2. The molecule has 0 fully saturated rings. The Bertz CT molecular complexity index is 1100. The van der Waals surface area contributed by atoms with Crippen molar-refractivity contribution >= 4 is 11.9 Å². The van der Waals surface area contributed by atoms with E-state index in [1.165, 1.54) is 0 Å². The van der Waals surface area contributed by atoms with Crippen LogP contribution in [0.5, 0.6) is 5.75 Å². The van der Waals surface area contributed by atoms with Crippen LogP contribution in [0.4, 0.5) is 0 Å². The van der Waals surface area contributed by atoms with Crippen LogP contribution >= 0.6 is 0 Å². The number of nitrogens with zero attached hydrogens (tertiary/aromatic N) is 1. The van der Waals surface area contributed by atoms with E-state index in [-0.39, 0.29) is 11.9 Å². The van der Waals surface area contributed by atoms with Gasteiger partial charge in [0.1, 0.15) is 12.4 Å². The average Bonchev–Trinajstić information content (AvgIpc) is 2.78. The third-order valence-electron chi connectivity index (χ3n) is 5.38. The van der Waals surface area contributed by atoms with E-state index >= 15 is 0 Å². The Kier molecular flexibility index (Phi) is 5.71. The van der Waals surface area contributed by atoms with Crippen LogP contribution in [0.15, 0.2) is 72.9 Å². The third kappa shape index (κ3) is 4.58. The van der Waals surface area contributed by atoms with E-state index in [0.717, 1.165) is 16.8 Å². The number of carbonyl (C=O) groups excluding carboxylic acids is 2. The number of esters is 1. The van der Waals surface area contributed by atoms with Crippen molar-refractivity contribution in [3.8, 4) is 5.75 Å². The summed E-state index contributed by atoms with van der Waals surface area (Å²) in [5, 5.41) is 2.97. The molecular weight excluding hydrogens is 392 g/mol. The zero-order chi connectivity index (χ0) is 21.8. The monoisotopic (exact) mass is 416 g/mol. The van der Waals surface area contributed by atoms with E-state index in [4.69, 9.17) is 9.47 Å². The standard InChI is InChI=1S/C25H24N2O4/c1-17(18-9-7-11-21(14-18)30-16-20-10-5-6-13-26-20)27-24(29)25(2)15-19-8-3-4-12-22(19)23(28)31-25/h3-14,17H,15-16H2,1-2H3,(H,27,29). The number of cyclic esters (lactones) is 1. The summed E-state index contributed by atoms with van der Waals surface area (Å²) in [6.07, 6.45) is 2.06. The Hall–Kier alpha value is -3.67. The first-order chi connectivity index (χ1) is 14.9. The zero-order valence-corrected chi connectivity index (χ0v) is 17.5. The highest BCUT2D eigenvalue weighted by Gasteiger charge is 2.42. The molecule has 3 aromatic rings. The van der Waals surface area contributed by atoms with Gasteiger partial charge in [-0.05, 0) is 55.3 Å². The van der Waals surface area contributed by atoms with Crippen LogP contribution < -0.4 is 10.1 Å². The number of benzene rings is 2. The first kappa shape index (κ1) is 20.6. The van der Waals surface area contributed by atoms with Gasteiger partial charge in [0.05, 0.1) is 17.3 Å². The number of nitrogens with one attached hydrogen (secondary N) is 1. The van der Waals surface area contributed by atoms with Gasteiger partial charge in [0.25, 0.3) is 5.91 Å². The molecule has 2 atom stereocenters. The molecule has 1 aromatic heterocycles. The van der Waals surface area contributed by atoms with Gasteiger partial charge in [-0.2, -0.15) is 0 Å². The van der Waals surface area contributed by atoms with Crippen LogP contribution in [0, 0.1) is 0 Å². The molecule has 4 rings (SSSR count). The van der Waals surface area contributed by atoms with Crippen LogP contribution in [-0.4, -0.2) is 22.5 Å². The highest BCUT2D eigenvalue weighted by Crippen LogP contribution is 2.29. The molecule has 0 radical (unpaired) electrons. The van der Waals surface area contributed by atoms with Crippen molar-refractivity contribution in [3.63, 3.8) is 0 Å². The Morgan fingerprint density at radius 1 is 1.16 bits per heavy atom. The molecule has 0 spiro atoms. The van der Waals surface area contributed by atoms with Crippen LogP contribution in [0.2, 0.25) is 0 Å². The molecule has 31 heavy (non-hydrogen) atoms. The lowest BCUT2D eigenvalue weighted by atomic mass is 9.89. The summed E-state index contributed by atoms with van der Waals surface area (Å²) in [6.45, 7) is 3.89. The van der Waals surface area contributed by atoms with Crippen molar-refractivity contribution in [2.75, 3.05) is 0 Å². The van der Waals surface area contributed by atoms with Crippen molar-refractivity contribution in [2.45, 2.75) is 38.5 Å². The topological polar surface area (TPSA) is 77.5 Å². The number of amides is 1. The summed E-state index contributed by atoms with van der Waals surface area (Å²) >= 11 is 0. The van der Waals surface area contributed by atoms with Gasteiger partial charge in [0, 0.05) is 12.6 Å². The molecule has 0 saturated heterocycles. The van der Waals surface area contributed by atoms with Crippen molar-refractivity contribution in [2.24, 2.45) is 0 Å². The molecule has 6 heteroatoms. The van der Waals surface area contributed by atoms with E-state index in [1.807, 2.05) is 61.5 Å². The summed E-state index contributed by atoms with van der Waals surface area (Å²) in [5.74, 6) is -0.117. The summed E-state index contributed by atoms with van der Waals surface area (Å²) in [4.78, 5) is 29.6. The number of hydrogen-bond donors (Lipinski definition) is 1. The van der Waals surface area contributed by atoms with Gasteiger partial charge in [-0.3, -0.25) is 9.78 Å². The average molecular weight is 416 g/mol. The summed E-state index contributed by atoms with van der Waals surface area (Å²) < 4.78 is 11.4. The zero-order valence-electron chi connectivity index (χ0n) is 17.5. The number of ether oxygens (including phenoxy) is 2. The maximum absolute atomic E-state index is 13.0. The minimum atomic E-state index is -1.26. The Morgan fingerprint density at radius 3 is 2.77 bits per heavy atom. The van der Waals surface area contributed by atoms with Gasteiger partial charge in [-0.1, -0.05) is 36.4 Å². The normalized spacial score (nSPS) is 18.5. The van der Waals surface area contributed by atoms with Gasteiger partial charge in [0.15, 0.2) is 5.60 Å². The van der Waals surface area contributed by atoms with E-state index < -0.39 is 11.6 Å². The number of fused-ring (bicyclic) bond motifs is 1. The number of aromatic nitrogens is 1. The third-order valence-corrected chi connectivity index (χ3v) is 5.38. The SMILES string of the molecule is CC(NC(=O)C1(C)Cc2ccccc2C(=O)O1)c1cccc(OCc2ccccn2)c1. The number of pyridine rings is 1. The molecule has 1 N–H and O–H groups in total. The summed E-state index contributed by atoms with van der Waals surface area (Å²) in [7, 11) is 0. The van der Waals surface area contributed by atoms with E-state index in [1.54, 1.807) is 25.3 Å². The van der Waals surface area contributed by atoms with Crippen molar-refractivity contribution in [3.05, 3.63) is 95.3 Å². The predicted octanol–water partition coefficient (Wildman–Crippen LogP) is 4.01. The van der Waals surface area contributed by atoms with Crippen molar-refractivity contribution in [1.29, 1.82) is 0 Å². The molecule has 6 nitrogen and oxygen atoms in total. The lowest BCUT2D eigenvalue weighted by molar-refractivity contribution is -0.140. The molecule has 0 bridgehead atoms. The fourth-order valence-corrected chi connectivity index (χ4v) is 3.61. The maximum atomic E-state index is 13.0. The van der Waals surface area contributed by atoms with Gasteiger partial charge >= 0.3 is 5.97 Å². The molecule has 2 aromatic carbocycles. The molecule has 1 amide bonds. The second-order valence-corrected chi connectivity index (χ2v) is 7.83. The van der Waals surface area contributed by atoms with Gasteiger partial charge in [-0.25, -0.2) is 4.79 Å². The second kappa shape index (κ2) is 8.60. The van der Waals surface area contributed by atoms with Crippen LogP contribution in [0.1, 0.15) is 47.1 Å². The van der Waals surface area contributed by atoms with Crippen LogP contribution in [-0.2, 0) is 22.6 Å². The fourth-order valence-electron chi connectivity index (χ4n) is 3.61. The van der Waals surface area contributed by atoms with E-state index in [9.17, 15) is 9.59 Å². The quantitative estimate of drug-likeness (QED) is 0.615. The van der Waals surface area contributed by atoms with Gasteiger partial charge < -0.3 is 14.8 Å². The van der Waals surface area contributed by atoms with Crippen molar-refractivity contribution in [1.82, 2.24) is 10.3 Å². The minimum absolute atomic E-state index is 0.293. The molecular formula is C25H24N2O4. The van der Waals surface area contributed by atoms with Gasteiger partial charge in [0.2, 0.25) is 0 Å².